The van der Waals surface area contributed by atoms with E-state index in [9.17, 15) is 9.18 Å². The lowest BCUT2D eigenvalue weighted by Gasteiger charge is -2.08. The van der Waals surface area contributed by atoms with E-state index in [2.05, 4.69) is 20.6 Å². The maximum absolute atomic E-state index is 12.9. The summed E-state index contributed by atoms with van der Waals surface area (Å²) in [5.74, 6) is 0.283. The van der Waals surface area contributed by atoms with Gasteiger partial charge in [0, 0.05) is 31.7 Å². The van der Waals surface area contributed by atoms with Crippen molar-refractivity contribution in [1.82, 2.24) is 15.3 Å². The number of hydrogen-bond donors (Lipinski definition) is 2. The van der Waals surface area contributed by atoms with E-state index in [0.717, 1.165) is 17.5 Å². The van der Waals surface area contributed by atoms with Crippen LogP contribution >= 0.6 is 0 Å². The highest BCUT2D eigenvalue weighted by molar-refractivity contribution is 5.93. The molecule has 6 heteroatoms. The van der Waals surface area contributed by atoms with Gasteiger partial charge in [0.25, 0.3) is 5.91 Å². The third-order valence-corrected chi connectivity index (χ3v) is 3.86. The van der Waals surface area contributed by atoms with Gasteiger partial charge in [-0.05, 0) is 53.9 Å². The second-order valence-electron chi connectivity index (χ2n) is 5.77. The zero-order valence-corrected chi connectivity index (χ0v) is 14.2. The lowest BCUT2D eigenvalue weighted by atomic mass is 10.1. The number of carbonyl (C=O) groups excluding carboxylic acids is 1. The summed E-state index contributed by atoms with van der Waals surface area (Å²) >= 11 is 0. The summed E-state index contributed by atoms with van der Waals surface area (Å²) in [5.41, 5.74) is 2.54. The number of nitrogens with one attached hydrogen (secondary N) is 2. The van der Waals surface area contributed by atoms with Crippen molar-refractivity contribution in [2.45, 2.75) is 13.0 Å². The van der Waals surface area contributed by atoms with Crippen molar-refractivity contribution in [3.05, 3.63) is 89.6 Å². The van der Waals surface area contributed by atoms with Gasteiger partial charge in [0.15, 0.2) is 0 Å². The molecular formula is C20H19FN4O. The van der Waals surface area contributed by atoms with Gasteiger partial charge in [0.1, 0.15) is 11.6 Å². The average molecular weight is 350 g/mol. The number of carbonyl (C=O) groups is 1. The van der Waals surface area contributed by atoms with E-state index in [1.165, 1.54) is 12.1 Å². The van der Waals surface area contributed by atoms with Crippen LogP contribution in [0.25, 0.3) is 0 Å². The van der Waals surface area contributed by atoms with Crippen LogP contribution in [0.15, 0.2) is 67.1 Å². The molecule has 26 heavy (non-hydrogen) atoms. The van der Waals surface area contributed by atoms with Crippen LogP contribution in [0.3, 0.4) is 0 Å². The number of amides is 1. The molecule has 0 aliphatic carbocycles. The van der Waals surface area contributed by atoms with Crippen molar-refractivity contribution in [1.29, 1.82) is 0 Å². The summed E-state index contributed by atoms with van der Waals surface area (Å²) in [4.78, 5) is 20.3. The van der Waals surface area contributed by atoms with E-state index in [0.29, 0.717) is 24.5 Å². The fourth-order valence-electron chi connectivity index (χ4n) is 2.40. The van der Waals surface area contributed by atoms with Crippen LogP contribution in [-0.2, 0) is 13.0 Å². The SMILES string of the molecule is O=C(NCc1ccncc1)c1ccc(NCCc2ccc(F)cc2)nc1. The first-order valence-electron chi connectivity index (χ1n) is 8.32. The Bertz CT molecular complexity index is 836. The number of hydrogen-bond acceptors (Lipinski definition) is 4. The first kappa shape index (κ1) is 17.5. The number of nitrogens with zero attached hydrogens (tertiary/aromatic N) is 2. The Morgan fingerprint density at radius 3 is 2.42 bits per heavy atom. The molecule has 132 valence electrons. The van der Waals surface area contributed by atoms with Crippen LogP contribution in [0.2, 0.25) is 0 Å². The first-order chi connectivity index (χ1) is 12.7. The van der Waals surface area contributed by atoms with Gasteiger partial charge in [-0.15, -0.1) is 0 Å². The van der Waals surface area contributed by atoms with Crippen LogP contribution < -0.4 is 10.6 Å². The molecule has 0 saturated carbocycles. The van der Waals surface area contributed by atoms with E-state index < -0.39 is 0 Å². The molecule has 0 unspecified atom stereocenters. The second-order valence-corrected chi connectivity index (χ2v) is 5.77. The molecule has 2 heterocycles. The Morgan fingerprint density at radius 2 is 1.73 bits per heavy atom. The summed E-state index contributed by atoms with van der Waals surface area (Å²) in [6, 6.07) is 13.6. The van der Waals surface area contributed by atoms with Gasteiger partial charge < -0.3 is 10.6 Å². The van der Waals surface area contributed by atoms with Crippen molar-refractivity contribution in [2.75, 3.05) is 11.9 Å². The van der Waals surface area contributed by atoms with Crippen LogP contribution in [0.5, 0.6) is 0 Å². The highest BCUT2D eigenvalue weighted by Gasteiger charge is 2.06. The molecule has 0 aliphatic heterocycles. The Kier molecular flexibility index (Phi) is 5.88. The molecule has 1 aromatic carbocycles. The standard InChI is InChI=1S/C20H19FN4O/c21-18-4-1-15(2-5-18)9-12-23-19-6-3-17(14-24-19)20(26)25-13-16-7-10-22-11-8-16/h1-8,10-11,14H,9,12-13H2,(H,23,24)(H,25,26). The molecule has 5 nitrogen and oxygen atoms in total. The van der Waals surface area contributed by atoms with Crippen LogP contribution in [-0.4, -0.2) is 22.4 Å². The van der Waals surface area contributed by atoms with Crippen molar-refractivity contribution >= 4 is 11.7 Å². The average Bonchev–Trinajstić information content (AvgIpc) is 2.69. The third-order valence-electron chi connectivity index (χ3n) is 3.86. The molecule has 3 rings (SSSR count). The Labute approximate surface area is 151 Å². The topological polar surface area (TPSA) is 66.9 Å². The Morgan fingerprint density at radius 1 is 0.962 bits per heavy atom. The monoisotopic (exact) mass is 350 g/mol. The van der Waals surface area contributed by atoms with E-state index >= 15 is 0 Å². The summed E-state index contributed by atoms with van der Waals surface area (Å²) < 4.78 is 12.9. The number of aromatic nitrogens is 2. The fourth-order valence-corrected chi connectivity index (χ4v) is 2.40. The van der Waals surface area contributed by atoms with E-state index in [-0.39, 0.29) is 11.7 Å². The van der Waals surface area contributed by atoms with E-state index in [1.54, 1.807) is 42.9 Å². The molecule has 2 aromatic heterocycles. The summed E-state index contributed by atoms with van der Waals surface area (Å²) in [6.45, 7) is 1.12. The van der Waals surface area contributed by atoms with Gasteiger partial charge in [-0.25, -0.2) is 9.37 Å². The Hall–Kier alpha value is -3.28. The van der Waals surface area contributed by atoms with E-state index in [4.69, 9.17) is 0 Å². The Balaban J connectivity index is 1.46. The van der Waals surface area contributed by atoms with Crippen LogP contribution in [0.4, 0.5) is 10.2 Å². The second kappa shape index (κ2) is 8.71. The quantitative estimate of drug-likeness (QED) is 0.687. The molecule has 0 atom stereocenters. The van der Waals surface area contributed by atoms with Crippen LogP contribution in [0, 0.1) is 5.82 Å². The normalized spacial score (nSPS) is 10.3. The molecule has 0 spiro atoms. The summed E-state index contributed by atoms with van der Waals surface area (Å²) in [7, 11) is 0. The predicted molar refractivity (Wildman–Crippen MR) is 98.2 cm³/mol. The minimum absolute atomic E-state index is 0.174. The van der Waals surface area contributed by atoms with Gasteiger partial charge in [-0.1, -0.05) is 12.1 Å². The highest BCUT2D eigenvalue weighted by atomic mass is 19.1. The van der Waals surface area contributed by atoms with Crippen molar-refractivity contribution in [3.63, 3.8) is 0 Å². The van der Waals surface area contributed by atoms with Crippen molar-refractivity contribution < 1.29 is 9.18 Å². The lowest BCUT2D eigenvalue weighted by Crippen LogP contribution is -2.23. The molecule has 0 bridgehead atoms. The van der Waals surface area contributed by atoms with Gasteiger partial charge in [-0.2, -0.15) is 0 Å². The molecule has 3 aromatic rings. The van der Waals surface area contributed by atoms with Gasteiger partial charge in [0.2, 0.25) is 0 Å². The molecular weight excluding hydrogens is 331 g/mol. The van der Waals surface area contributed by atoms with Crippen molar-refractivity contribution in [2.24, 2.45) is 0 Å². The third kappa shape index (κ3) is 5.11. The minimum Gasteiger partial charge on any atom is -0.370 e. The predicted octanol–water partition coefficient (Wildman–Crippen LogP) is 3.20. The van der Waals surface area contributed by atoms with Gasteiger partial charge in [-0.3, -0.25) is 9.78 Å². The van der Waals surface area contributed by atoms with E-state index in [1.807, 2.05) is 12.1 Å². The smallest absolute Gasteiger partial charge is 0.253 e. The van der Waals surface area contributed by atoms with Gasteiger partial charge in [0.05, 0.1) is 5.56 Å². The highest BCUT2D eigenvalue weighted by Crippen LogP contribution is 2.07. The molecule has 2 N–H and O–H groups in total. The molecule has 0 fully saturated rings. The summed E-state index contributed by atoms with van der Waals surface area (Å²) in [5, 5.41) is 6.03. The van der Waals surface area contributed by atoms with Crippen molar-refractivity contribution in [3.8, 4) is 0 Å². The zero-order chi connectivity index (χ0) is 18.2. The summed E-state index contributed by atoms with van der Waals surface area (Å²) in [6.07, 6.45) is 5.68. The zero-order valence-electron chi connectivity index (χ0n) is 14.2. The maximum Gasteiger partial charge on any atom is 0.253 e. The first-order valence-corrected chi connectivity index (χ1v) is 8.32. The number of benzene rings is 1. The molecule has 0 radical (unpaired) electrons. The maximum atomic E-state index is 12.9. The molecule has 0 aliphatic rings. The largest absolute Gasteiger partial charge is 0.370 e. The van der Waals surface area contributed by atoms with Gasteiger partial charge >= 0.3 is 0 Å². The van der Waals surface area contributed by atoms with Crippen LogP contribution in [0.1, 0.15) is 21.5 Å². The number of rotatable bonds is 7. The molecule has 1 amide bonds. The lowest BCUT2D eigenvalue weighted by molar-refractivity contribution is 0.0950. The minimum atomic E-state index is -0.235. The fraction of sp³-hybridized carbons (Fsp3) is 0.150. The number of anilines is 1. The molecule has 0 saturated heterocycles. The number of pyridine rings is 2. The number of halogens is 1.